The van der Waals surface area contributed by atoms with Crippen molar-refractivity contribution in [3.8, 4) is 59.7 Å². The molecule has 0 N–H and O–H groups in total. The average molecular weight is 655 g/mol. The van der Waals surface area contributed by atoms with Crippen LogP contribution >= 0.6 is 21.3 Å². The van der Waals surface area contributed by atoms with Crippen LogP contribution in [0.5, 0.6) is 0 Å². The maximum atomic E-state index is 12.1. The minimum Gasteiger partial charge on any atom is -0.790 e. The number of unbranched alkanes of at least 4 members (excludes halogenated alkanes) is 12. The molecule has 0 bridgehead atoms. The van der Waals surface area contributed by atoms with Gasteiger partial charge < -0.3 is 28.3 Å². The molecule has 238 valence electrons. The Morgan fingerprint density at radius 3 is 1.69 bits per heavy atom. The fraction of sp³-hybridized carbons (Fsp3) is 0.600. The van der Waals surface area contributed by atoms with Gasteiger partial charge >= 0.3 is 71.1 Å². The zero-order valence-corrected chi connectivity index (χ0v) is 31.1. The number of esters is 2. The topological polar surface area (TPSA) is 125 Å². The van der Waals surface area contributed by atoms with Crippen LogP contribution in [0.3, 0.4) is 0 Å². The summed E-state index contributed by atoms with van der Waals surface area (Å²) < 4.78 is 24.9. The summed E-state index contributed by atoms with van der Waals surface area (Å²) in [6.07, 6.45) is 18.9. The maximum absolute atomic E-state index is 12.1. The van der Waals surface area contributed by atoms with Crippen molar-refractivity contribution in [1.82, 2.24) is 0 Å². The third kappa shape index (κ3) is 37.2. The Balaban J connectivity index is -0.000000109. The molecular formula is C30H57Na2O8PS. The van der Waals surface area contributed by atoms with Gasteiger partial charge in [0.25, 0.3) is 0 Å². The van der Waals surface area contributed by atoms with Crippen molar-refractivity contribution >= 4 is 33.3 Å². The molecule has 1 atom stereocenters. The van der Waals surface area contributed by atoms with E-state index in [1.807, 2.05) is 0 Å². The Hall–Kier alpha value is -0.800. The predicted octanol–water partition coefficient (Wildman–Crippen LogP) is -0.250. The summed E-state index contributed by atoms with van der Waals surface area (Å²) in [6.45, 7) is 0.896. The molecule has 0 aromatic heterocycles. The smallest absolute Gasteiger partial charge is 0.790 e. The zero-order valence-electron chi connectivity index (χ0n) is 25.2. The van der Waals surface area contributed by atoms with Crippen molar-refractivity contribution in [2.45, 2.75) is 103 Å². The van der Waals surface area contributed by atoms with Gasteiger partial charge in [-0.3, -0.25) is 4.79 Å². The molecule has 0 radical (unpaired) electrons. The largest absolute Gasteiger partial charge is 1.00 e. The summed E-state index contributed by atoms with van der Waals surface area (Å²) in [5, 5.41) is 0. The monoisotopic (exact) mass is 654 g/mol. The van der Waals surface area contributed by atoms with E-state index in [0.29, 0.717) is 6.42 Å². The fourth-order valence-electron chi connectivity index (χ4n) is 3.30. The second-order valence-electron chi connectivity index (χ2n) is 8.59. The molecule has 0 rings (SSSR count). The van der Waals surface area contributed by atoms with Crippen LogP contribution in [0.2, 0.25) is 0 Å². The van der Waals surface area contributed by atoms with Crippen LogP contribution in [-0.2, 0) is 28.2 Å². The Morgan fingerprint density at radius 2 is 1.21 bits per heavy atom. The van der Waals surface area contributed by atoms with Gasteiger partial charge in [-0.2, -0.15) is 13.5 Å². The van der Waals surface area contributed by atoms with E-state index in [1.165, 1.54) is 57.8 Å². The van der Waals surface area contributed by atoms with Gasteiger partial charge in [0.1, 0.15) is 6.61 Å². The van der Waals surface area contributed by atoms with Crippen molar-refractivity contribution < 1.29 is 110 Å². The number of carbonyl (C=O) groups is 2. The standard InChI is InChI=1S/C30H39O8P.2Na.H2S.9H2/c1-3-5-7-9-11-13-14-15-16-17-19-21-23-25-30(32)38-28(27-37-39(33,34)35)26-36-29(31)24-22-20-18-12-10-8-6-4-2;;;;;;;;;;;;/h2,28H,3,5,7,9,11,13-17,19,21,23,25-27H2,1H3,(H2,33,34,35);;;1H2;9*1H/q;2*+1;;;;;;;;;;/p-2/t28-;;;;;;;;;;;;/m1............/s1. The average Bonchev–Trinajstić information content (AvgIpc) is 2.89. The van der Waals surface area contributed by atoms with Crippen LogP contribution in [0.4, 0.5) is 0 Å². The first-order valence-corrected chi connectivity index (χ1v) is 14.7. The van der Waals surface area contributed by atoms with Crippen molar-refractivity contribution in [1.29, 1.82) is 0 Å². The predicted molar refractivity (Wildman–Crippen MR) is 174 cm³/mol. The molecule has 0 aliphatic heterocycles. The van der Waals surface area contributed by atoms with E-state index in [2.05, 4.69) is 64.7 Å². The number of ether oxygens (including phenoxy) is 2. The molecule has 12 heteroatoms. The first kappa shape index (κ1) is 48.1. The van der Waals surface area contributed by atoms with E-state index in [4.69, 9.17) is 15.9 Å². The first-order chi connectivity index (χ1) is 18.8. The van der Waals surface area contributed by atoms with Crippen LogP contribution < -0.4 is 68.9 Å². The summed E-state index contributed by atoms with van der Waals surface area (Å²) in [5.41, 5.74) is 0. The minimum absolute atomic E-state index is 0. The molecule has 0 heterocycles. The van der Waals surface area contributed by atoms with Gasteiger partial charge in [-0.1, -0.05) is 84.0 Å². The number of phosphoric ester groups is 1. The molecule has 0 aromatic carbocycles. The Labute approximate surface area is 317 Å². The zero-order chi connectivity index (χ0) is 29.0. The number of carbonyl (C=O) groups excluding carboxylic acids is 2. The van der Waals surface area contributed by atoms with E-state index in [9.17, 15) is 23.9 Å². The Kier molecular flexibility index (Phi) is 39.7. The second kappa shape index (κ2) is 34.7. The van der Waals surface area contributed by atoms with Crippen molar-refractivity contribution in [2.75, 3.05) is 13.2 Å². The van der Waals surface area contributed by atoms with Crippen LogP contribution in [0.25, 0.3) is 0 Å². The first-order valence-electron chi connectivity index (χ1n) is 13.3. The van der Waals surface area contributed by atoms with Crippen LogP contribution in [-0.4, -0.2) is 31.3 Å². The Bertz CT molecular complexity index is 1110. The molecule has 0 aromatic rings. The van der Waals surface area contributed by atoms with Crippen LogP contribution in [0, 0.1) is 59.7 Å². The molecule has 42 heavy (non-hydrogen) atoms. The van der Waals surface area contributed by atoms with Gasteiger partial charge in [-0.05, 0) is 53.8 Å². The molecular weight excluding hydrogens is 597 g/mol. The third-order valence-electron chi connectivity index (χ3n) is 5.21. The van der Waals surface area contributed by atoms with E-state index in [-0.39, 0.29) is 91.9 Å². The van der Waals surface area contributed by atoms with Crippen molar-refractivity contribution in [2.24, 2.45) is 0 Å². The fourth-order valence-corrected chi connectivity index (χ4v) is 3.65. The van der Waals surface area contributed by atoms with Gasteiger partial charge in [0.15, 0.2) is 6.10 Å². The van der Waals surface area contributed by atoms with Gasteiger partial charge in [-0.15, -0.1) is 6.42 Å². The van der Waals surface area contributed by atoms with Crippen LogP contribution in [0.15, 0.2) is 0 Å². The summed E-state index contributed by atoms with van der Waals surface area (Å²) in [6, 6.07) is 0. The van der Waals surface area contributed by atoms with Gasteiger partial charge in [0.05, 0.1) is 14.4 Å². The molecule has 0 fully saturated rings. The molecule has 0 spiro atoms. The van der Waals surface area contributed by atoms with Crippen molar-refractivity contribution in [3.63, 3.8) is 0 Å². The van der Waals surface area contributed by atoms with Crippen molar-refractivity contribution in [3.05, 3.63) is 0 Å². The molecule has 0 aliphatic rings. The number of phosphoric acid groups is 1. The Morgan fingerprint density at radius 1 is 0.762 bits per heavy atom. The molecule has 8 nitrogen and oxygen atoms in total. The van der Waals surface area contributed by atoms with Gasteiger partial charge in [0, 0.05) is 25.2 Å². The minimum atomic E-state index is -5.31. The van der Waals surface area contributed by atoms with E-state index < -0.39 is 39.1 Å². The molecule has 0 saturated heterocycles. The van der Waals surface area contributed by atoms with Gasteiger partial charge in [-0.25, -0.2) is 4.79 Å². The van der Waals surface area contributed by atoms with Crippen LogP contribution in [0.1, 0.15) is 110 Å². The molecule has 0 aliphatic carbocycles. The number of hydrogen-bond acceptors (Lipinski definition) is 8. The molecule has 0 amide bonds. The second-order valence-corrected chi connectivity index (χ2v) is 9.74. The summed E-state index contributed by atoms with van der Waals surface area (Å²) >= 11 is 0. The third-order valence-corrected chi connectivity index (χ3v) is 5.68. The summed E-state index contributed by atoms with van der Waals surface area (Å²) in [7, 11) is -5.31. The quantitative estimate of drug-likeness (QED) is 0.0440. The van der Waals surface area contributed by atoms with E-state index in [0.717, 1.165) is 19.3 Å². The normalized spacial score (nSPS) is 9.76. The molecule has 0 saturated carbocycles. The number of rotatable bonds is 20. The maximum Gasteiger partial charge on any atom is 1.00 e. The van der Waals surface area contributed by atoms with Gasteiger partial charge in [0.2, 0.25) is 0 Å². The van der Waals surface area contributed by atoms with E-state index >= 15 is 0 Å². The summed E-state index contributed by atoms with van der Waals surface area (Å²) in [4.78, 5) is 45.4. The molecule has 0 unspecified atom stereocenters. The number of terminal acetylenes is 1. The SMILES string of the molecule is C#CC#CC#CC#CC#CC(=O)OC[C@H](COP(=O)([O-])[O-])OC(=O)CCCCCCCCCCCCCCC.S.[HH].[HH].[HH].[HH].[HH].[HH].[HH].[HH].[HH].[Na+].[Na+]. The number of hydrogen-bond donors (Lipinski definition) is 0. The summed E-state index contributed by atoms with van der Waals surface area (Å²) in [5.74, 6) is 18.6. The van der Waals surface area contributed by atoms with E-state index in [1.54, 1.807) is 0 Å².